The molecule has 27 nitrogen and oxygen atoms in total. The normalized spacial score (nSPS) is 21.6. The Morgan fingerprint density at radius 1 is 0.707 bits per heavy atom. The van der Waals surface area contributed by atoms with Gasteiger partial charge in [0.1, 0.15) is 42.5 Å². The van der Waals surface area contributed by atoms with Crippen LogP contribution in [0, 0.1) is 0 Å². The number of aliphatic imine (C=N–C) groups is 2. The Morgan fingerprint density at radius 2 is 1.29 bits per heavy atom. The average Bonchev–Trinajstić information content (AvgIpc) is 3.76. The summed E-state index contributed by atoms with van der Waals surface area (Å²) in [7, 11) is 0. The molecule has 408 valence electrons. The number of aliphatic hydroxyl groups excluding tert-OH is 1. The number of hydrogen-bond acceptors (Lipinski definition) is 13. The predicted octanol–water partition coefficient (Wildman–Crippen LogP) is -4.68. The number of nitrogens with one attached hydrogen (secondary N) is 9. The predicted molar refractivity (Wildman–Crippen MR) is 277 cm³/mol. The van der Waals surface area contributed by atoms with E-state index in [9.17, 15) is 48.3 Å². The summed E-state index contributed by atoms with van der Waals surface area (Å²) >= 11 is 0. The molecule has 1 aliphatic rings. The second-order valence-electron chi connectivity index (χ2n) is 18.0. The third-order valence-corrected chi connectivity index (χ3v) is 11.9. The van der Waals surface area contributed by atoms with Gasteiger partial charge in [-0.05, 0) is 69.1 Å². The minimum atomic E-state index is -1.79. The van der Waals surface area contributed by atoms with Crippen LogP contribution in [0.1, 0.15) is 75.8 Å². The first-order valence-corrected chi connectivity index (χ1v) is 24.5. The molecule has 75 heavy (non-hydrogen) atoms. The van der Waals surface area contributed by atoms with Crippen LogP contribution >= 0.6 is 0 Å². The van der Waals surface area contributed by atoms with Gasteiger partial charge in [0, 0.05) is 49.6 Å². The summed E-state index contributed by atoms with van der Waals surface area (Å²) in [5.74, 6) is -8.69. The minimum absolute atomic E-state index is 0.00118. The van der Waals surface area contributed by atoms with Crippen molar-refractivity contribution in [2.75, 3.05) is 19.6 Å². The van der Waals surface area contributed by atoms with Gasteiger partial charge in [0.2, 0.25) is 53.2 Å². The van der Waals surface area contributed by atoms with Gasteiger partial charge in [-0.2, -0.15) is 0 Å². The molecule has 0 spiro atoms. The molecule has 2 aromatic carbocycles. The second kappa shape index (κ2) is 30.0. The van der Waals surface area contributed by atoms with E-state index >= 15 is 0 Å². The number of hydrogen-bond donors (Lipinski definition) is 16. The molecular formula is C48H71N17O10. The summed E-state index contributed by atoms with van der Waals surface area (Å²) in [5.41, 5.74) is 35.2. The summed E-state index contributed by atoms with van der Waals surface area (Å²) in [6.07, 6.45) is -0.594. The summed E-state index contributed by atoms with van der Waals surface area (Å²) in [5, 5.41) is 31.8. The molecule has 4 rings (SSSR count). The Kier molecular flexibility index (Phi) is 23.7. The van der Waals surface area contributed by atoms with Crippen LogP contribution in [0.3, 0.4) is 0 Å². The van der Waals surface area contributed by atoms with E-state index in [4.69, 9.17) is 34.4 Å². The van der Waals surface area contributed by atoms with Crippen molar-refractivity contribution in [2.45, 2.75) is 126 Å². The number of amides is 9. The Labute approximate surface area is 432 Å². The summed E-state index contributed by atoms with van der Waals surface area (Å²) < 4.78 is 0. The fourth-order valence-corrected chi connectivity index (χ4v) is 8.14. The van der Waals surface area contributed by atoms with Gasteiger partial charge in [-0.15, -0.1) is 0 Å². The zero-order valence-electron chi connectivity index (χ0n) is 41.8. The number of carbonyl (C=O) groups excluding carboxylic acids is 9. The molecule has 0 saturated carbocycles. The van der Waals surface area contributed by atoms with Crippen LogP contribution in [0.2, 0.25) is 0 Å². The van der Waals surface area contributed by atoms with Gasteiger partial charge in [-0.1, -0.05) is 48.5 Å². The lowest BCUT2D eigenvalue weighted by molar-refractivity contribution is -0.137. The molecule has 9 amide bonds. The number of benzene rings is 2. The number of nitrogens with zero attached hydrogens (tertiary/aromatic N) is 2. The number of H-pyrrole nitrogens is 1. The second-order valence-corrected chi connectivity index (χ2v) is 18.0. The Bertz CT molecular complexity index is 2510. The van der Waals surface area contributed by atoms with Crippen LogP contribution in [0.5, 0.6) is 0 Å². The van der Waals surface area contributed by atoms with Crippen LogP contribution in [0.15, 0.2) is 70.8 Å². The van der Waals surface area contributed by atoms with Gasteiger partial charge in [-0.25, -0.2) is 0 Å². The number of aliphatic hydroxyl groups is 1. The zero-order valence-corrected chi connectivity index (χ0v) is 41.8. The first-order valence-electron chi connectivity index (χ1n) is 24.5. The quantitative estimate of drug-likeness (QED) is 0.0232. The molecule has 0 bridgehead atoms. The third kappa shape index (κ3) is 20.6. The van der Waals surface area contributed by atoms with Gasteiger partial charge in [0.15, 0.2) is 11.9 Å². The third-order valence-electron chi connectivity index (χ3n) is 11.9. The first-order chi connectivity index (χ1) is 35.7. The number of aromatic nitrogens is 1. The fraction of sp³-hybridized carbons (Fsp3) is 0.479. The topological polar surface area (TPSA) is 467 Å². The standard InChI is InChI=1S/C48H71N17O10/c1-26(66)59-32(16-9-19-56-47(51)52)41(70)65-37-24-39(68)55-18-8-7-15-31(40(50)69)60-44(73)35(22-28-25-58-30-14-6-5-13-29(28)30)63-42(71)33(17-10-20-57-48(53)54)61-43(72)34(21-27-11-3-2-4-12-27)62-45(74)36(23-38(49)67)64-46(37)75/h2-6,11-14,25-26,31-37,58-59,66H,7-10,15-24H2,1H3,(H2,49,67)(H2,50,69)(H,55,68)(H,60,73)(H,61,72)(H,62,74)(H,63,71)(H,64,75)(H,65,70)(H4,51,52,56)(H4,53,54,57)/t26?,31-,32-,33-,34+,35-,36-,37-/m0/s1. The van der Waals surface area contributed by atoms with E-state index in [1.54, 1.807) is 42.6 Å². The molecular weight excluding hydrogens is 975 g/mol. The van der Waals surface area contributed by atoms with Crippen molar-refractivity contribution in [1.29, 1.82) is 0 Å². The van der Waals surface area contributed by atoms with Gasteiger partial charge < -0.3 is 81.7 Å². The zero-order chi connectivity index (χ0) is 55.0. The van der Waals surface area contributed by atoms with Crippen molar-refractivity contribution >= 4 is 76.0 Å². The maximum atomic E-state index is 14.6. The number of primary amides is 2. The van der Waals surface area contributed by atoms with Crippen LogP contribution in [0.4, 0.5) is 0 Å². The molecule has 1 unspecified atom stereocenters. The average molecular weight is 1050 g/mol. The van der Waals surface area contributed by atoms with Crippen molar-refractivity contribution < 1.29 is 48.3 Å². The SMILES string of the molecule is CC(O)N[C@@H](CCCN=C(N)N)C(=O)N[C@H]1CC(=O)NCCCC[C@@H](C(N)=O)NC(=O)[C@H](Cc2c[nH]c3ccccc23)NC(=O)[C@H](CCCN=C(N)N)NC(=O)[C@@H](Cc2ccccc2)NC(=O)[C@H](CC(N)=O)NC1=O. The molecule has 1 saturated heterocycles. The number of fused-ring (bicyclic) bond motifs is 1. The number of para-hydroxylation sites is 1. The summed E-state index contributed by atoms with van der Waals surface area (Å²) in [6, 6.07) is 5.47. The van der Waals surface area contributed by atoms with Gasteiger partial charge >= 0.3 is 0 Å². The molecule has 1 fully saturated rings. The number of guanidine groups is 2. The van der Waals surface area contributed by atoms with Gasteiger partial charge in [-0.3, -0.25) is 58.5 Å². The lowest BCUT2D eigenvalue weighted by Gasteiger charge is -2.28. The minimum Gasteiger partial charge on any atom is -0.379 e. The van der Waals surface area contributed by atoms with E-state index in [1.165, 1.54) is 6.92 Å². The highest BCUT2D eigenvalue weighted by atomic mass is 16.3. The van der Waals surface area contributed by atoms with Crippen molar-refractivity contribution in [1.82, 2.24) is 47.5 Å². The number of nitrogens with two attached hydrogens (primary N) is 6. The molecule has 2 heterocycles. The molecule has 22 N–H and O–H groups in total. The Balaban J connectivity index is 1.77. The molecule has 8 atom stereocenters. The molecule has 3 aromatic rings. The number of rotatable bonds is 19. The molecule has 1 aromatic heterocycles. The van der Waals surface area contributed by atoms with Crippen molar-refractivity contribution in [3.63, 3.8) is 0 Å². The summed E-state index contributed by atoms with van der Waals surface area (Å²) in [6.45, 7) is 1.48. The lowest BCUT2D eigenvalue weighted by atomic mass is 10.0. The van der Waals surface area contributed by atoms with Crippen LogP contribution in [-0.4, -0.2) is 143 Å². The number of aromatic amines is 1. The maximum absolute atomic E-state index is 14.6. The largest absolute Gasteiger partial charge is 0.379 e. The fourth-order valence-electron chi connectivity index (χ4n) is 8.14. The van der Waals surface area contributed by atoms with E-state index < -0.39 is 115 Å². The van der Waals surface area contributed by atoms with Gasteiger partial charge in [0.05, 0.1) is 18.9 Å². The molecule has 0 aliphatic carbocycles. The Morgan fingerprint density at radius 3 is 1.95 bits per heavy atom. The van der Waals surface area contributed by atoms with E-state index in [0.29, 0.717) is 11.1 Å². The van der Waals surface area contributed by atoms with Gasteiger partial charge in [0.25, 0.3) is 0 Å². The highest BCUT2D eigenvalue weighted by molar-refractivity contribution is 5.99. The lowest BCUT2D eigenvalue weighted by Crippen LogP contribution is -2.61. The molecule has 27 heteroatoms. The van der Waals surface area contributed by atoms with Crippen LogP contribution < -0.4 is 76.9 Å². The summed E-state index contributed by atoms with van der Waals surface area (Å²) in [4.78, 5) is 136. The maximum Gasteiger partial charge on any atom is 0.243 e. The van der Waals surface area contributed by atoms with Crippen molar-refractivity contribution in [3.8, 4) is 0 Å². The van der Waals surface area contributed by atoms with Crippen molar-refractivity contribution in [3.05, 3.63) is 71.9 Å². The number of carbonyl (C=O) groups is 9. The highest BCUT2D eigenvalue weighted by Gasteiger charge is 2.35. The van der Waals surface area contributed by atoms with E-state index in [2.05, 4.69) is 57.5 Å². The molecule has 0 radical (unpaired) electrons. The van der Waals surface area contributed by atoms with E-state index in [-0.39, 0.29) is 89.3 Å². The van der Waals surface area contributed by atoms with Crippen LogP contribution in [-0.2, 0) is 56.0 Å². The molecule has 1 aliphatic heterocycles. The van der Waals surface area contributed by atoms with E-state index in [1.807, 2.05) is 18.2 Å². The van der Waals surface area contributed by atoms with Crippen LogP contribution in [0.25, 0.3) is 10.9 Å². The smallest absolute Gasteiger partial charge is 0.243 e. The van der Waals surface area contributed by atoms with Crippen molar-refractivity contribution in [2.24, 2.45) is 44.4 Å². The monoisotopic (exact) mass is 1050 g/mol. The highest BCUT2D eigenvalue weighted by Crippen LogP contribution is 2.20. The van der Waals surface area contributed by atoms with E-state index in [0.717, 1.165) is 10.9 Å². The first kappa shape index (κ1) is 59.2. The Hall–Kier alpha value is -8.33.